The Bertz CT molecular complexity index is 1190. The van der Waals surface area contributed by atoms with Crippen LogP contribution in [0.15, 0.2) is 52.7 Å². The molecule has 0 aliphatic carbocycles. The summed E-state index contributed by atoms with van der Waals surface area (Å²) in [6.07, 6.45) is 1.10. The number of benzene rings is 2. The number of azo groups is 1. The number of H-pyrrole nitrogens is 1. The number of carboxylic acids is 1. The molecule has 2 aromatic carbocycles. The lowest BCUT2D eigenvalue weighted by Gasteiger charge is -2.07. The predicted molar refractivity (Wildman–Crippen MR) is 127 cm³/mol. The number of carbonyl (C=O) groups excluding carboxylic acids is 2. The second-order valence-corrected chi connectivity index (χ2v) is 8.52. The molecule has 0 spiro atoms. The first-order valence-electron chi connectivity index (χ1n) is 9.83. The SMILES string of the molecule is CC(CCCC(=O)Nc1ccc(C(=O)N=Nc2c(O)[nH]c3ccc(I)cc23)cc1)C(=O)O. The highest BCUT2D eigenvalue weighted by Crippen LogP contribution is 2.36. The largest absolute Gasteiger partial charge is 0.493 e. The van der Waals surface area contributed by atoms with Crippen LogP contribution in [0.4, 0.5) is 11.4 Å². The number of anilines is 1. The minimum Gasteiger partial charge on any atom is -0.493 e. The number of rotatable bonds is 8. The molecule has 9 nitrogen and oxygen atoms in total. The summed E-state index contributed by atoms with van der Waals surface area (Å²) >= 11 is 2.14. The van der Waals surface area contributed by atoms with Crippen molar-refractivity contribution in [1.82, 2.24) is 4.98 Å². The second-order valence-electron chi connectivity index (χ2n) is 7.27. The van der Waals surface area contributed by atoms with Crippen LogP contribution in [-0.4, -0.2) is 33.0 Å². The molecule has 1 aromatic heterocycles. The maximum absolute atomic E-state index is 12.4. The summed E-state index contributed by atoms with van der Waals surface area (Å²) in [5.41, 5.74) is 1.66. The Kier molecular flexibility index (Phi) is 7.57. The van der Waals surface area contributed by atoms with Gasteiger partial charge in [0.05, 0.1) is 11.4 Å². The lowest BCUT2D eigenvalue weighted by molar-refractivity contribution is -0.141. The van der Waals surface area contributed by atoms with E-state index in [0.29, 0.717) is 29.4 Å². The minimum atomic E-state index is -0.877. The molecule has 1 atom stereocenters. The van der Waals surface area contributed by atoms with Gasteiger partial charge in [0.2, 0.25) is 11.8 Å². The van der Waals surface area contributed by atoms with Crippen LogP contribution in [-0.2, 0) is 9.59 Å². The third kappa shape index (κ3) is 5.90. The van der Waals surface area contributed by atoms with Gasteiger partial charge in [0.1, 0.15) is 0 Å². The van der Waals surface area contributed by atoms with Crippen molar-refractivity contribution < 1.29 is 24.6 Å². The number of halogens is 1. The third-order valence-electron chi connectivity index (χ3n) is 4.83. The first-order chi connectivity index (χ1) is 15.2. The molecule has 0 aliphatic heterocycles. The number of aromatic hydroxyl groups is 1. The van der Waals surface area contributed by atoms with Gasteiger partial charge < -0.3 is 20.5 Å². The molecule has 10 heteroatoms. The average molecular weight is 548 g/mol. The monoisotopic (exact) mass is 548 g/mol. The molecule has 32 heavy (non-hydrogen) atoms. The summed E-state index contributed by atoms with van der Waals surface area (Å²) in [5, 5.41) is 29.9. The van der Waals surface area contributed by atoms with Crippen molar-refractivity contribution in [2.45, 2.75) is 26.2 Å². The van der Waals surface area contributed by atoms with Crippen molar-refractivity contribution >= 4 is 62.7 Å². The first-order valence-corrected chi connectivity index (χ1v) is 10.9. The molecular formula is C22H21IN4O5. The molecule has 3 rings (SSSR count). The Morgan fingerprint density at radius 1 is 1.16 bits per heavy atom. The van der Waals surface area contributed by atoms with E-state index >= 15 is 0 Å². The van der Waals surface area contributed by atoms with Gasteiger partial charge in [-0.25, -0.2) is 0 Å². The van der Waals surface area contributed by atoms with E-state index in [2.05, 4.69) is 43.1 Å². The highest BCUT2D eigenvalue weighted by molar-refractivity contribution is 14.1. The van der Waals surface area contributed by atoms with E-state index in [1.54, 1.807) is 25.1 Å². The molecule has 0 bridgehead atoms. The number of carboxylic acid groups (broad SMARTS) is 1. The molecule has 0 aliphatic rings. The topological polar surface area (TPSA) is 144 Å². The van der Waals surface area contributed by atoms with Crippen LogP contribution in [0.3, 0.4) is 0 Å². The van der Waals surface area contributed by atoms with Crippen LogP contribution < -0.4 is 5.32 Å². The van der Waals surface area contributed by atoms with E-state index in [9.17, 15) is 19.5 Å². The lowest BCUT2D eigenvalue weighted by Crippen LogP contribution is -2.14. The van der Waals surface area contributed by atoms with Gasteiger partial charge in [-0.05, 0) is 77.9 Å². The van der Waals surface area contributed by atoms with Crippen LogP contribution >= 0.6 is 22.6 Å². The number of nitrogens with one attached hydrogen (secondary N) is 2. The Morgan fingerprint density at radius 3 is 2.56 bits per heavy atom. The summed E-state index contributed by atoms with van der Waals surface area (Å²) in [5.74, 6) is -2.36. The van der Waals surface area contributed by atoms with Crippen molar-refractivity contribution in [3.8, 4) is 5.88 Å². The Hall–Kier alpha value is -3.28. The molecule has 2 amide bonds. The number of carbonyl (C=O) groups is 3. The van der Waals surface area contributed by atoms with Crippen molar-refractivity contribution in [2.24, 2.45) is 16.1 Å². The summed E-state index contributed by atoms with van der Waals surface area (Å²) in [7, 11) is 0. The average Bonchev–Trinajstić information content (AvgIpc) is 3.06. The highest BCUT2D eigenvalue weighted by atomic mass is 127. The van der Waals surface area contributed by atoms with Gasteiger partial charge >= 0.3 is 5.97 Å². The second kappa shape index (κ2) is 10.4. The van der Waals surface area contributed by atoms with Crippen LogP contribution in [0, 0.1) is 9.49 Å². The van der Waals surface area contributed by atoms with Gasteiger partial charge in [-0.2, -0.15) is 0 Å². The van der Waals surface area contributed by atoms with E-state index in [1.165, 1.54) is 12.1 Å². The number of hydrogen-bond donors (Lipinski definition) is 4. The fraction of sp³-hybridized carbons (Fsp3) is 0.227. The fourth-order valence-electron chi connectivity index (χ4n) is 3.00. The zero-order chi connectivity index (χ0) is 23.3. The number of aliphatic carboxylic acids is 1. The Labute approximate surface area is 197 Å². The smallest absolute Gasteiger partial charge is 0.306 e. The van der Waals surface area contributed by atoms with Gasteiger partial charge in [0.15, 0.2) is 5.69 Å². The molecule has 0 fully saturated rings. The van der Waals surface area contributed by atoms with Gasteiger partial charge in [-0.15, -0.1) is 10.2 Å². The van der Waals surface area contributed by atoms with Gasteiger partial charge in [0.25, 0.3) is 5.91 Å². The molecule has 0 radical (unpaired) electrons. The quantitative estimate of drug-likeness (QED) is 0.225. The minimum absolute atomic E-state index is 0.172. The maximum atomic E-state index is 12.4. The number of aromatic amines is 1. The van der Waals surface area contributed by atoms with E-state index < -0.39 is 17.8 Å². The number of amides is 2. The molecule has 1 heterocycles. The Morgan fingerprint density at radius 2 is 1.88 bits per heavy atom. The van der Waals surface area contributed by atoms with E-state index in [4.69, 9.17) is 5.11 Å². The number of fused-ring (bicyclic) bond motifs is 1. The van der Waals surface area contributed by atoms with Crippen LogP contribution in [0.5, 0.6) is 5.88 Å². The zero-order valence-corrected chi connectivity index (χ0v) is 19.3. The van der Waals surface area contributed by atoms with Crippen molar-refractivity contribution in [3.05, 3.63) is 51.6 Å². The van der Waals surface area contributed by atoms with Gasteiger partial charge in [-0.1, -0.05) is 6.92 Å². The van der Waals surface area contributed by atoms with Crippen LogP contribution in [0.25, 0.3) is 10.9 Å². The number of aromatic nitrogens is 1. The van der Waals surface area contributed by atoms with Gasteiger partial charge in [-0.3, -0.25) is 14.4 Å². The molecule has 1 unspecified atom stereocenters. The summed E-state index contributed by atoms with van der Waals surface area (Å²) in [4.78, 5) is 37.9. The summed E-state index contributed by atoms with van der Waals surface area (Å²) < 4.78 is 0.950. The summed E-state index contributed by atoms with van der Waals surface area (Å²) in [6, 6.07) is 11.7. The van der Waals surface area contributed by atoms with Crippen molar-refractivity contribution in [2.75, 3.05) is 5.32 Å². The molecule has 0 saturated heterocycles. The van der Waals surface area contributed by atoms with Crippen LogP contribution in [0.2, 0.25) is 0 Å². The predicted octanol–water partition coefficient (Wildman–Crippen LogP) is 5.23. The molecule has 3 aromatic rings. The normalized spacial score (nSPS) is 12.2. The molecule has 0 saturated carbocycles. The Balaban J connectivity index is 1.60. The highest BCUT2D eigenvalue weighted by Gasteiger charge is 2.13. The first kappa shape index (κ1) is 23.4. The van der Waals surface area contributed by atoms with E-state index in [-0.39, 0.29) is 29.5 Å². The molecular weight excluding hydrogens is 527 g/mol. The van der Waals surface area contributed by atoms with E-state index in [1.807, 2.05) is 12.1 Å². The molecule has 4 N–H and O–H groups in total. The van der Waals surface area contributed by atoms with Crippen molar-refractivity contribution in [3.63, 3.8) is 0 Å². The zero-order valence-electron chi connectivity index (χ0n) is 17.1. The third-order valence-corrected chi connectivity index (χ3v) is 5.50. The van der Waals surface area contributed by atoms with Crippen molar-refractivity contribution in [1.29, 1.82) is 0 Å². The number of nitrogens with zero attached hydrogens (tertiary/aromatic N) is 2. The van der Waals surface area contributed by atoms with Gasteiger partial charge in [0, 0.05) is 26.6 Å². The lowest BCUT2D eigenvalue weighted by atomic mass is 10.0. The van der Waals surface area contributed by atoms with E-state index in [0.717, 1.165) is 3.57 Å². The summed E-state index contributed by atoms with van der Waals surface area (Å²) in [6.45, 7) is 1.61. The number of hydrogen-bond acceptors (Lipinski definition) is 5. The maximum Gasteiger partial charge on any atom is 0.306 e. The fourth-order valence-corrected chi connectivity index (χ4v) is 3.49. The standard InChI is InChI=1S/C22H21IN4O5/c1-12(22(31)32)3-2-4-18(28)24-15-8-5-13(6-9-15)20(29)27-26-19-16-11-14(23)7-10-17(16)25-21(19)30/h5-12,25,30H,2-4H2,1H3,(H,24,28)(H,31,32). The van der Waals surface area contributed by atoms with Crippen LogP contribution in [0.1, 0.15) is 36.5 Å². The molecule has 166 valence electrons.